The zero-order chi connectivity index (χ0) is 17.4. The van der Waals surface area contributed by atoms with Crippen molar-refractivity contribution in [3.05, 3.63) is 65.2 Å². The molecule has 2 rings (SSSR count). The lowest BCUT2D eigenvalue weighted by Gasteiger charge is -2.04. The van der Waals surface area contributed by atoms with E-state index in [2.05, 4.69) is 21.9 Å². The van der Waals surface area contributed by atoms with E-state index < -0.39 is 29.0 Å². The van der Waals surface area contributed by atoms with Crippen molar-refractivity contribution in [3.8, 4) is 0 Å². The van der Waals surface area contributed by atoms with Crippen LogP contribution in [0.5, 0.6) is 0 Å². The van der Waals surface area contributed by atoms with Crippen molar-refractivity contribution in [2.24, 2.45) is 0 Å². The second kappa shape index (κ2) is 8.71. The summed E-state index contributed by atoms with van der Waals surface area (Å²) in [5.74, 6) is -3.80. The summed E-state index contributed by atoms with van der Waals surface area (Å²) in [4.78, 5) is 32.4. The topological polar surface area (TPSA) is 101 Å². The lowest BCUT2D eigenvalue weighted by atomic mass is 10.0. The molecule has 0 heterocycles. The van der Waals surface area contributed by atoms with Crippen LogP contribution < -0.4 is 5.30 Å². The van der Waals surface area contributed by atoms with Gasteiger partial charge >= 0.3 is 26.0 Å². The minimum atomic E-state index is -1.45. The third-order valence-corrected chi connectivity index (χ3v) is 3.01. The van der Waals surface area contributed by atoms with Crippen LogP contribution in [0.4, 0.5) is 0 Å². The van der Waals surface area contributed by atoms with Gasteiger partial charge in [-0.25, -0.2) is 14.4 Å². The number of hydrogen-bond acceptors (Lipinski definition) is 4. The molecule has 0 aliphatic rings. The van der Waals surface area contributed by atoms with Crippen LogP contribution in [0.2, 0.25) is 0 Å². The molecule has 2 aromatic rings. The normalized spacial score (nSPS) is 9.26. The molecule has 0 spiro atoms. The van der Waals surface area contributed by atoms with E-state index in [0.29, 0.717) is 0 Å². The van der Waals surface area contributed by atoms with E-state index in [1.54, 1.807) is 0 Å². The fraction of sp³-hybridized carbons (Fsp3) is 0. The highest BCUT2D eigenvalue weighted by atomic mass is 31.0. The van der Waals surface area contributed by atoms with Gasteiger partial charge in [-0.3, -0.25) is 0 Å². The van der Waals surface area contributed by atoms with Gasteiger partial charge < -0.3 is 14.9 Å². The lowest BCUT2D eigenvalue weighted by molar-refractivity contribution is 0.0650. The standard InChI is InChI=1S/C9H5BO6.C6H7P/c10-16-9(15)4-1-2-5(7(11)12)6(3-4)8(13)14;7-6-4-2-1-3-5-6/h1-3H,(H,11,12)(H,13,14);1-5H,7H2. The summed E-state index contributed by atoms with van der Waals surface area (Å²) in [5, 5.41) is 18.7. The van der Waals surface area contributed by atoms with Crippen molar-refractivity contribution in [3.63, 3.8) is 0 Å². The molecule has 6 nitrogen and oxygen atoms in total. The second-order valence-corrected chi connectivity index (χ2v) is 4.85. The Balaban J connectivity index is 0.000000313. The fourth-order valence-corrected chi connectivity index (χ4v) is 1.78. The van der Waals surface area contributed by atoms with Gasteiger partial charge in [0.2, 0.25) is 0 Å². The van der Waals surface area contributed by atoms with Gasteiger partial charge in [0.05, 0.1) is 16.7 Å². The molecule has 0 fully saturated rings. The molecule has 0 saturated carbocycles. The number of carboxylic acids is 2. The highest BCUT2D eigenvalue weighted by Gasteiger charge is 2.18. The fourth-order valence-electron chi connectivity index (χ4n) is 1.56. The number of aromatic carboxylic acids is 2. The molecule has 2 aromatic carbocycles. The Morgan fingerprint density at radius 2 is 1.48 bits per heavy atom. The van der Waals surface area contributed by atoms with E-state index in [1.165, 1.54) is 5.30 Å². The van der Waals surface area contributed by atoms with E-state index in [4.69, 9.17) is 10.2 Å². The summed E-state index contributed by atoms with van der Waals surface area (Å²) in [6, 6.07) is 13.1. The molecule has 1 atom stereocenters. The summed E-state index contributed by atoms with van der Waals surface area (Å²) < 4.78 is 3.89. The van der Waals surface area contributed by atoms with Crippen LogP contribution in [0.25, 0.3) is 0 Å². The lowest BCUT2D eigenvalue weighted by Crippen LogP contribution is -2.11. The van der Waals surface area contributed by atoms with E-state index >= 15 is 0 Å². The minimum absolute atomic E-state index is 0.134. The van der Waals surface area contributed by atoms with Crippen molar-refractivity contribution in [1.82, 2.24) is 0 Å². The van der Waals surface area contributed by atoms with Gasteiger partial charge in [0.25, 0.3) is 0 Å². The SMILES string of the molecule is Pc1ccccc1.[B]OC(=O)c1ccc(C(=O)O)c(C(=O)O)c1. The molecule has 2 N–H and O–H groups in total. The Bertz CT molecular complexity index is 717. The minimum Gasteiger partial charge on any atom is -0.540 e. The molecule has 0 saturated heterocycles. The summed E-state index contributed by atoms with van der Waals surface area (Å²) in [5.41, 5.74) is -1.05. The number of carboxylic acid groups (broad SMARTS) is 2. The molecule has 0 aromatic heterocycles. The maximum Gasteiger partial charge on any atom is 0.378 e. The van der Waals surface area contributed by atoms with Gasteiger partial charge in [-0.2, -0.15) is 0 Å². The molecular weight excluding hydrogens is 318 g/mol. The van der Waals surface area contributed by atoms with Crippen LogP contribution in [-0.2, 0) is 4.65 Å². The first-order valence-electron chi connectivity index (χ1n) is 6.19. The molecule has 8 heteroatoms. The van der Waals surface area contributed by atoms with Gasteiger partial charge in [-0.15, -0.1) is 9.24 Å². The first-order chi connectivity index (χ1) is 10.9. The van der Waals surface area contributed by atoms with Crippen LogP contribution in [0, 0.1) is 0 Å². The molecular formula is C15H12BO6P. The molecule has 1 unspecified atom stereocenters. The van der Waals surface area contributed by atoms with Crippen molar-refractivity contribution in [2.45, 2.75) is 0 Å². The average molecular weight is 330 g/mol. The van der Waals surface area contributed by atoms with Crippen LogP contribution >= 0.6 is 9.24 Å². The largest absolute Gasteiger partial charge is 0.540 e. The third-order valence-electron chi connectivity index (χ3n) is 2.62. The Kier molecular flexibility index (Phi) is 6.96. The predicted molar refractivity (Wildman–Crippen MR) is 87.3 cm³/mol. The van der Waals surface area contributed by atoms with Crippen LogP contribution in [0.1, 0.15) is 31.1 Å². The molecule has 0 amide bonds. The first kappa shape index (κ1) is 18.4. The molecule has 2 radical (unpaired) electrons. The summed E-state index contributed by atoms with van der Waals surface area (Å²) in [7, 11) is 7.24. The van der Waals surface area contributed by atoms with Crippen molar-refractivity contribution in [2.75, 3.05) is 0 Å². The Labute approximate surface area is 135 Å². The van der Waals surface area contributed by atoms with Gasteiger partial charge in [-0.05, 0) is 23.5 Å². The van der Waals surface area contributed by atoms with Gasteiger partial charge in [0.1, 0.15) is 0 Å². The van der Waals surface area contributed by atoms with Crippen LogP contribution in [-0.4, -0.2) is 36.2 Å². The number of benzene rings is 2. The zero-order valence-electron chi connectivity index (χ0n) is 11.8. The van der Waals surface area contributed by atoms with Crippen molar-refractivity contribution < 1.29 is 29.3 Å². The summed E-state index contributed by atoms with van der Waals surface area (Å²) in [6.07, 6.45) is 0. The maximum atomic E-state index is 11.0. The monoisotopic (exact) mass is 330 g/mol. The Morgan fingerprint density at radius 1 is 0.913 bits per heavy atom. The predicted octanol–water partition coefficient (Wildman–Crippen LogP) is 1.51. The quantitative estimate of drug-likeness (QED) is 0.653. The van der Waals surface area contributed by atoms with E-state index in [0.717, 1.165) is 18.2 Å². The number of rotatable bonds is 3. The van der Waals surface area contributed by atoms with Gasteiger partial charge in [0.15, 0.2) is 0 Å². The van der Waals surface area contributed by atoms with Crippen molar-refractivity contribution in [1.29, 1.82) is 0 Å². The molecule has 0 bridgehead atoms. The van der Waals surface area contributed by atoms with E-state index in [1.807, 2.05) is 30.3 Å². The number of carbonyl (C=O) groups is 3. The smallest absolute Gasteiger partial charge is 0.378 e. The van der Waals surface area contributed by atoms with Crippen LogP contribution in [0.3, 0.4) is 0 Å². The highest BCUT2D eigenvalue weighted by molar-refractivity contribution is 7.27. The van der Waals surface area contributed by atoms with Gasteiger partial charge in [0, 0.05) is 0 Å². The first-order valence-corrected chi connectivity index (χ1v) is 6.76. The molecule has 0 aliphatic heterocycles. The highest BCUT2D eigenvalue weighted by Crippen LogP contribution is 2.13. The molecule has 23 heavy (non-hydrogen) atoms. The Morgan fingerprint density at radius 3 is 1.87 bits per heavy atom. The van der Waals surface area contributed by atoms with E-state index in [9.17, 15) is 14.4 Å². The maximum absolute atomic E-state index is 11.0. The summed E-state index contributed by atoms with van der Waals surface area (Å²) >= 11 is 0. The zero-order valence-corrected chi connectivity index (χ0v) is 13.0. The average Bonchev–Trinajstić information content (AvgIpc) is 2.54. The number of carbonyl (C=O) groups excluding carboxylic acids is 1. The third kappa shape index (κ3) is 5.56. The summed E-state index contributed by atoms with van der Waals surface area (Å²) in [6.45, 7) is 0. The molecule has 0 aliphatic carbocycles. The van der Waals surface area contributed by atoms with E-state index in [-0.39, 0.29) is 5.56 Å². The Hall–Kier alpha value is -2.66. The van der Waals surface area contributed by atoms with Crippen LogP contribution in [0.15, 0.2) is 48.5 Å². The van der Waals surface area contributed by atoms with Gasteiger partial charge in [-0.1, -0.05) is 30.3 Å². The van der Waals surface area contributed by atoms with Crippen molar-refractivity contribution >= 4 is 40.5 Å². The number of hydrogen-bond donors (Lipinski definition) is 2. The molecule has 116 valence electrons. The second-order valence-electron chi connectivity index (χ2n) is 4.19.